The van der Waals surface area contributed by atoms with Gasteiger partial charge in [0.05, 0.1) is 14.2 Å². The summed E-state index contributed by atoms with van der Waals surface area (Å²) in [6.45, 7) is 5.02. The third-order valence-electron chi connectivity index (χ3n) is 5.37. The number of carbonyl (C=O) groups is 3. The van der Waals surface area contributed by atoms with E-state index in [-0.39, 0.29) is 18.8 Å². The number of alkyl halides is 1. The van der Waals surface area contributed by atoms with Crippen LogP contribution in [0.5, 0.6) is 11.5 Å². The van der Waals surface area contributed by atoms with Gasteiger partial charge in [0.15, 0.2) is 12.1 Å². The minimum Gasteiger partial charge on any atom is -0.497 e. The van der Waals surface area contributed by atoms with Gasteiger partial charge >= 0.3 is 12.1 Å². The Bertz CT molecular complexity index is 1070. The molecule has 9 nitrogen and oxygen atoms in total. The highest BCUT2D eigenvalue weighted by atomic mass is 19.1. The monoisotopic (exact) mass is 486 g/mol. The molecule has 2 aromatic carbocycles. The molecule has 1 N–H and O–H groups in total. The summed E-state index contributed by atoms with van der Waals surface area (Å²) < 4.78 is 35.3. The number of likely N-dealkylation sites (tertiary alicyclic amines) is 1. The van der Waals surface area contributed by atoms with Crippen LogP contribution >= 0.6 is 0 Å². The minimum absolute atomic E-state index is 0.0784. The number of hydrogen-bond donors (Lipinski definition) is 1. The van der Waals surface area contributed by atoms with E-state index in [0.717, 1.165) is 0 Å². The number of hydrogen-bond acceptors (Lipinski definition) is 7. The maximum atomic E-state index is 14.9. The highest BCUT2D eigenvalue weighted by molar-refractivity contribution is 5.96. The highest BCUT2D eigenvalue weighted by Crippen LogP contribution is 2.28. The first-order valence-corrected chi connectivity index (χ1v) is 10.7. The number of β-lactam (4-membered cyclic amide) rings is 1. The predicted molar refractivity (Wildman–Crippen MR) is 123 cm³/mol. The Hall–Kier alpha value is -4.08. The fraction of sp³-hybridized carbons (Fsp3) is 0.320. The van der Waals surface area contributed by atoms with Crippen molar-refractivity contribution in [2.75, 3.05) is 14.2 Å². The molecule has 10 heteroatoms. The summed E-state index contributed by atoms with van der Waals surface area (Å²) in [6, 6.07) is 10.8. The fourth-order valence-electron chi connectivity index (χ4n) is 3.43. The molecule has 1 saturated heterocycles. The number of nitrogens with zero attached hydrogens (tertiary/aromatic N) is 1. The molecule has 3 rings (SSSR count). The van der Waals surface area contributed by atoms with Crippen LogP contribution in [0.4, 0.5) is 9.18 Å². The van der Waals surface area contributed by atoms with Crippen LogP contribution in [0.3, 0.4) is 0 Å². The molecule has 2 amide bonds. The van der Waals surface area contributed by atoms with E-state index < -0.39 is 36.3 Å². The van der Waals surface area contributed by atoms with Crippen molar-refractivity contribution in [3.8, 4) is 11.5 Å². The molecule has 0 radical (unpaired) electrons. The second-order valence-corrected chi connectivity index (χ2v) is 7.87. The first-order chi connectivity index (χ1) is 16.7. The number of carbonyl (C=O) groups excluding carboxylic acids is 3. The van der Waals surface area contributed by atoms with E-state index in [9.17, 15) is 18.8 Å². The molecule has 3 atom stereocenters. The number of ether oxygens (including phenoxy) is 4. The molecule has 0 aromatic heterocycles. The molecule has 1 heterocycles. The molecule has 186 valence electrons. The van der Waals surface area contributed by atoms with Crippen molar-refractivity contribution in [1.29, 1.82) is 0 Å². The maximum Gasteiger partial charge on any atom is 0.408 e. The van der Waals surface area contributed by atoms with Crippen molar-refractivity contribution in [3.63, 3.8) is 0 Å². The molecule has 3 unspecified atom stereocenters. The number of halogens is 1. The van der Waals surface area contributed by atoms with Crippen molar-refractivity contribution in [3.05, 3.63) is 71.8 Å². The summed E-state index contributed by atoms with van der Waals surface area (Å²) in [5, 5.41) is 2.19. The zero-order chi connectivity index (χ0) is 25.5. The van der Waals surface area contributed by atoms with Gasteiger partial charge in [0, 0.05) is 0 Å². The third-order valence-corrected chi connectivity index (χ3v) is 5.37. The Morgan fingerprint density at radius 2 is 1.46 bits per heavy atom. The standard InChI is InChI=1S/C25H27FN2O7/c1-15(2)21(24(30)34-13-16-5-9-18(32-3)10-6-16)28-22(26)20(23(28)29)27-25(31)35-14-17-7-11-19(33-4)12-8-17/h5-12,20-22H,1,13-14H2,2-4H3,(H,27,31). The molecule has 0 saturated carbocycles. The Kier molecular flexibility index (Phi) is 8.30. The summed E-state index contributed by atoms with van der Waals surface area (Å²) in [7, 11) is 3.07. The zero-order valence-corrected chi connectivity index (χ0v) is 19.7. The molecule has 0 bridgehead atoms. The average Bonchev–Trinajstić information content (AvgIpc) is 2.87. The van der Waals surface area contributed by atoms with Crippen molar-refractivity contribution >= 4 is 18.0 Å². The van der Waals surface area contributed by atoms with Crippen LogP contribution in [0, 0.1) is 0 Å². The third kappa shape index (κ3) is 6.08. The Labute approximate surface area is 202 Å². The van der Waals surface area contributed by atoms with Gasteiger partial charge in [-0.1, -0.05) is 30.8 Å². The van der Waals surface area contributed by atoms with E-state index in [1.807, 2.05) is 0 Å². The molecular formula is C25H27FN2O7. The van der Waals surface area contributed by atoms with Gasteiger partial charge in [0.2, 0.25) is 6.30 Å². The van der Waals surface area contributed by atoms with E-state index in [2.05, 4.69) is 11.9 Å². The number of alkyl carbamates (subject to hydrolysis) is 1. The van der Waals surface area contributed by atoms with Crippen molar-refractivity contribution in [2.24, 2.45) is 0 Å². The number of nitrogens with one attached hydrogen (secondary N) is 1. The lowest BCUT2D eigenvalue weighted by molar-refractivity contribution is -0.176. The van der Waals surface area contributed by atoms with Gasteiger partial charge in [-0.15, -0.1) is 0 Å². The summed E-state index contributed by atoms with van der Waals surface area (Å²) in [5.41, 5.74) is 1.59. The molecule has 2 aromatic rings. The van der Waals surface area contributed by atoms with E-state index in [4.69, 9.17) is 18.9 Å². The quantitative estimate of drug-likeness (QED) is 0.238. The van der Waals surface area contributed by atoms with Gasteiger partial charge < -0.3 is 24.3 Å². The van der Waals surface area contributed by atoms with E-state index >= 15 is 0 Å². The average molecular weight is 486 g/mol. The van der Waals surface area contributed by atoms with E-state index in [0.29, 0.717) is 27.5 Å². The van der Waals surface area contributed by atoms with Crippen LogP contribution < -0.4 is 14.8 Å². The van der Waals surface area contributed by atoms with Crippen molar-refractivity contribution < 1.29 is 37.7 Å². The second-order valence-electron chi connectivity index (χ2n) is 7.87. The van der Waals surface area contributed by atoms with Gasteiger partial charge in [-0.05, 0) is 47.9 Å². The fourth-order valence-corrected chi connectivity index (χ4v) is 3.43. The molecule has 0 spiro atoms. The maximum absolute atomic E-state index is 14.9. The summed E-state index contributed by atoms with van der Waals surface area (Å²) >= 11 is 0. The van der Waals surface area contributed by atoms with Crippen LogP contribution in [-0.4, -0.2) is 55.5 Å². The lowest BCUT2D eigenvalue weighted by Gasteiger charge is -2.45. The van der Waals surface area contributed by atoms with Crippen LogP contribution in [0.2, 0.25) is 0 Å². The SMILES string of the molecule is C=C(C)C(C(=O)OCc1ccc(OC)cc1)N1C(=O)C(NC(=O)OCc2ccc(OC)cc2)C1F. The number of esters is 1. The summed E-state index contributed by atoms with van der Waals surface area (Å²) in [5.74, 6) is -0.321. The Morgan fingerprint density at radius 3 is 1.89 bits per heavy atom. The largest absolute Gasteiger partial charge is 0.497 e. The molecule has 1 aliphatic heterocycles. The molecule has 1 aliphatic rings. The van der Waals surface area contributed by atoms with Crippen molar-refractivity contribution in [1.82, 2.24) is 10.2 Å². The second kappa shape index (κ2) is 11.4. The normalized spacial score (nSPS) is 17.6. The molecule has 1 fully saturated rings. The van der Waals surface area contributed by atoms with Crippen LogP contribution in [-0.2, 0) is 32.3 Å². The molecule has 0 aliphatic carbocycles. The van der Waals surface area contributed by atoms with Gasteiger partial charge in [0.1, 0.15) is 24.7 Å². The lowest BCUT2D eigenvalue weighted by Crippen LogP contribution is -2.72. The summed E-state index contributed by atoms with van der Waals surface area (Å²) in [6.07, 6.45) is -2.92. The summed E-state index contributed by atoms with van der Waals surface area (Å²) in [4.78, 5) is 38.0. The molecular weight excluding hydrogens is 459 g/mol. The topological polar surface area (TPSA) is 103 Å². The first-order valence-electron chi connectivity index (χ1n) is 10.7. The first kappa shape index (κ1) is 25.5. The molecule has 35 heavy (non-hydrogen) atoms. The van der Waals surface area contributed by atoms with Gasteiger partial charge in [0.25, 0.3) is 5.91 Å². The van der Waals surface area contributed by atoms with Crippen LogP contribution in [0.1, 0.15) is 18.1 Å². The zero-order valence-electron chi connectivity index (χ0n) is 19.7. The van der Waals surface area contributed by atoms with Gasteiger partial charge in [-0.2, -0.15) is 0 Å². The number of methoxy groups -OCH3 is 2. The Balaban J connectivity index is 1.53. The number of rotatable bonds is 10. The smallest absolute Gasteiger partial charge is 0.408 e. The van der Waals surface area contributed by atoms with Crippen molar-refractivity contribution in [2.45, 2.75) is 38.5 Å². The number of benzene rings is 2. The Morgan fingerprint density at radius 1 is 0.971 bits per heavy atom. The predicted octanol–water partition coefficient (Wildman–Crippen LogP) is 3.12. The van der Waals surface area contributed by atoms with E-state index in [1.165, 1.54) is 21.1 Å². The number of amides is 2. The lowest BCUT2D eigenvalue weighted by atomic mass is 9.98. The van der Waals surface area contributed by atoms with Gasteiger partial charge in [-0.25, -0.2) is 14.0 Å². The van der Waals surface area contributed by atoms with Crippen LogP contribution in [0.15, 0.2) is 60.7 Å². The van der Waals surface area contributed by atoms with Crippen LogP contribution in [0.25, 0.3) is 0 Å². The van der Waals surface area contributed by atoms with Gasteiger partial charge in [-0.3, -0.25) is 9.69 Å². The minimum atomic E-state index is -1.95. The van der Waals surface area contributed by atoms with E-state index in [1.54, 1.807) is 48.5 Å². The highest BCUT2D eigenvalue weighted by Gasteiger charge is 2.54.